The highest BCUT2D eigenvalue weighted by molar-refractivity contribution is 5.94. The zero-order valence-corrected chi connectivity index (χ0v) is 11.8. The Morgan fingerprint density at radius 2 is 2.00 bits per heavy atom. The van der Waals surface area contributed by atoms with Gasteiger partial charge in [0.15, 0.2) is 0 Å². The molecule has 116 valence electrons. The van der Waals surface area contributed by atoms with Crippen LogP contribution < -0.4 is 0 Å². The fourth-order valence-electron chi connectivity index (χ4n) is 1.73. The Bertz CT molecular complexity index is 537. The molecule has 0 atom stereocenters. The molecule has 1 aromatic rings. The molecule has 8 heteroatoms. The van der Waals surface area contributed by atoms with E-state index in [9.17, 15) is 23.7 Å². The van der Waals surface area contributed by atoms with Gasteiger partial charge >= 0.3 is 5.69 Å². The third-order valence-corrected chi connectivity index (χ3v) is 2.84. The zero-order chi connectivity index (χ0) is 16.0. The number of nitro groups is 1. The van der Waals surface area contributed by atoms with Gasteiger partial charge < -0.3 is 9.64 Å². The van der Waals surface area contributed by atoms with E-state index in [4.69, 9.17) is 4.74 Å². The maximum atomic E-state index is 13.8. The number of nitro benzene ring substituents is 1. The molecule has 0 spiro atoms. The van der Waals surface area contributed by atoms with Gasteiger partial charge in [-0.05, 0) is 19.9 Å². The smallest absolute Gasteiger partial charge is 0.307 e. The van der Waals surface area contributed by atoms with E-state index in [-0.39, 0.29) is 19.7 Å². The van der Waals surface area contributed by atoms with Crippen molar-refractivity contribution in [3.05, 3.63) is 39.4 Å². The van der Waals surface area contributed by atoms with Crippen molar-refractivity contribution in [3.63, 3.8) is 0 Å². The van der Waals surface area contributed by atoms with Crippen molar-refractivity contribution in [2.24, 2.45) is 0 Å². The van der Waals surface area contributed by atoms with E-state index in [1.165, 1.54) is 4.90 Å². The highest BCUT2D eigenvalue weighted by Gasteiger charge is 2.24. The van der Waals surface area contributed by atoms with E-state index < -0.39 is 33.7 Å². The first-order valence-electron chi connectivity index (χ1n) is 6.42. The van der Waals surface area contributed by atoms with Crippen LogP contribution in [0.2, 0.25) is 0 Å². The molecule has 0 N–H and O–H groups in total. The monoisotopic (exact) mass is 302 g/mol. The summed E-state index contributed by atoms with van der Waals surface area (Å²) in [6.07, 6.45) is 0. The van der Waals surface area contributed by atoms with Crippen LogP contribution in [0.4, 0.5) is 14.5 Å². The standard InChI is InChI=1S/C13H16F2N2O4/c1-3-16(5-6-21-4-2)13(18)9-7-11(15)12(17(19)20)8-10(9)14/h7-8H,3-6H2,1-2H3. The lowest BCUT2D eigenvalue weighted by molar-refractivity contribution is -0.387. The van der Waals surface area contributed by atoms with Crippen LogP contribution in [0.1, 0.15) is 24.2 Å². The Kier molecular flexibility index (Phi) is 6.16. The van der Waals surface area contributed by atoms with Gasteiger partial charge in [0, 0.05) is 19.7 Å². The van der Waals surface area contributed by atoms with Gasteiger partial charge in [0.05, 0.1) is 23.2 Å². The lowest BCUT2D eigenvalue weighted by Gasteiger charge is -2.21. The molecule has 0 bridgehead atoms. The number of ether oxygens (including phenoxy) is 1. The summed E-state index contributed by atoms with van der Waals surface area (Å²) >= 11 is 0. The van der Waals surface area contributed by atoms with Crippen LogP contribution in [0.15, 0.2) is 12.1 Å². The molecule has 0 saturated carbocycles. The second kappa shape index (κ2) is 7.63. The minimum absolute atomic E-state index is 0.223. The predicted molar refractivity (Wildman–Crippen MR) is 71.1 cm³/mol. The second-order valence-electron chi connectivity index (χ2n) is 4.12. The van der Waals surface area contributed by atoms with Crippen molar-refractivity contribution >= 4 is 11.6 Å². The summed E-state index contributed by atoms with van der Waals surface area (Å²) < 4.78 is 32.4. The van der Waals surface area contributed by atoms with Crippen molar-refractivity contribution in [2.75, 3.05) is 26.3 Å². The summed E-state index contributed by atoms with van der Waals surface area (Å²) in [5.74, 6) is -3.10. The number of carbonyl (C=O) groups excluding carboxylic acids is 1. The summed E-state index contributed by atoms with van der Waals surface area (Å²) in [4.78, 5) is 22.9. The second-order valence-corrected chi connectivity index (χ2v) is 4.12. The molecular weight excluding hydrogens is 286 g/mol. The van der Waals surface area contributed by atoms with E-state index in [1.54, 1.807) is 13.8 Å². The lowest BCUT2D eigenvalue weighted by atomic mass is 10.1. The largest absolute Gasteiger partial charge is 0.380 e. The van der Waals surface area contributed by atoms with Crippen LogP contribution in [0.25, 0.3) is 0 Å². The van der Waals surface area contributed by atoms with Crippen LogP contribution in [-0.4, -0.2) is 42.0 Å². The van der Waals surface area contributed by atoms with Crippen molar-refractivity contribution in [2.45, 2.75) is 13.8 Å². The number of likely N-dealkylation sites (N-methyl/N-ethyl adjacent to an activating group) is 1. The van der Waals surface area contributed by atoms with Crippen LogP contribution in [0, 0.1) is 21.7 Å². The number of rotatable bonds is 7. The number of amides is 1. The van der Waals surface area contributed by atoms with Gasteiger partial charge in [0.25, 0.3) is 5.91 Å². The molecule has 0 saturated heterocycles. The number of halogens is 2. The van der Waals surface area contributed by atoms with Gasteiger partial charge in [-0.1, -0.05) is 0 Å². The summed E-state index contributed by atoms with van der Waals surface area (Å²) in [5.41, 5.74) is -1.53. The normalized spacial score (nSPS) is 10.5. The highest BCUT2D eigenvalue weighted by atomic mass is 19.1. The molecule has 1 amide bonds. The SMILES string of the molecule is CCOCCN(CC)C(=O)c1cc(F)c([N+](=O)[O-])cc1F. The summed E-state index contributed by atoms with van der Waals surface area (Å²) in [6.45, 7) is 4.73. The quantitative estimate of drug-likeness (QED) is 0.440. The number of benzene rings is 1. The fraction of sp³-hybridized carbons (Fsp3) is 0.462. The molecule has 1 aromatic carbocycles. The Morgan fingerprint density at radius 1 is 1.33 bits per heavy atom. The van der Waals surface area contributed by atoms with E-state index in [0.29, 0.717) is 18.7 Å². The number of nitrogens with zero attached hydrogens (tertiary/aromatic N) is 2. The minimum Gasteiger partial charge on any atom is -0.380 e. The van der Waals surface area contributed by atoms with Crippen LogP contribution in [0.5, 0.6) is 0 Å². The van der Waals surface area contributed by atoms with Crippen molar-refractivity contribution in [1.29, 1.82) is 0 Å². The van der Waals surface area contributed by atoms with Crippen LogP contribution in [-0.2, 0) is 4.74 Å². The Balaban J connectivity index is 3.00. The summed E-state index contributed by atoms with van der Waals surface area (Å²) in [5, 5.41) is 10.5. The first-order valence-corrected chi connectivity index (χ1v) is 6.42. The van der Waals surface area contributed by atoms with Crippen molar-refractivity contribution in [1.82, 2.24) is 4.90 Å². The van der Waals surface area contributed by atoms with Gasteiger partial charge in [-0.15, -0.1) is 0 Å². The van der Waals surface area contributed by atoms with Crippen LogP contribution in [0.3, 0.4) is 0 Å². The van der Waals surface area contributed by atoms with Gasteiger partial charge in [0.1, 0.15) is 5.82 Å². The van der Waals surface area contributed by atoms with Gasteiger partial charge in [-0.2, -0.15) is 4.39 Å². The number of carbonyl (C=O) groups is 1. The topological polar surface area (TPSA) is 72.7 Å². The van der Waals surface area contributed by atoms with Gasteiger partial charge in [0.2, 0.25) is 5.82 Å². The molecule has 0 aromatic heterocycles. The maximum absolute atomic E-state index is 13.8. The number of hydrogen-bond donors (Lipinski definition) is 0. The molecule has 0 aliphatic carbocycles. The average molecular weight is 302 g/mol. The maximum Gasteiger partial charge on any atom is 0.307 e. The molecule has 0 aliphatic rings. The zero-order valence-electron chi connectivity index (χ0n) is 11.8. The van der Waals surface area contributed by atoms with E-state index >= 15 is 0 Å². The Labute approximate surface area is 120 Å². The highest BCUT2D eigenvalue weighted by Crippen LogP contribution is 2.22. The molecule has 0 unspecified atom stereocenters. The Morgan fingerprint density at radius 3 is 2.52 bits per heavy atom. The lowest BCUT2D eigenvalue weighted by Crippen LogP contribution is -2.34. The van der Waals surface area contributed by atoms with E-state index in [1.807, 2.05) is 0 Å². The number of hydrogen-bond acceptors (Lipinski definition) is 4. The predicted octanol–water partition coefficient (Wildman–Crippen LogP) is 2.37. The first kappa shape index (κ1) is 17.0. The van der Waals surface area contributed by atoms with Gasteiger partial charge in [-0.3, -0.25) is 14.9 Å². The minimum atomic E-state index is -1.24. The fourth-order valence-corrected chi connectivity index (χ4v) is 1.73. The molecule has 21 heavy (non-hydrogen) atoms. The summed E-state index contributed by atoms with van der Waals surface area (Å²) in [7, 11) is 0. The average Bonchev–Trinajstić information content (AvgIpc) is 2.44. The molecule has 0 heterocycles. The molecule has 0 aliphatic heterocycles. The Hall–Kier alpha value is -2.09. The third kappa shape index (κ3) is 4.19. The summed E-state index contributed by atoms with van der Waals surface area (Å²) in [6, 6.07) is 0.970. The first-order chi connectivity index (χ1) is 9.92. The third-order valence-electron chi connectivity index (χ3n) is 2.84. The molecule has 0 radical (unpaired) electrons. The molecular formula is C13H16F2N2O4. The molecule has 6 nitrogen and oxygen atoms in total. The van der Waals surface area contributed by atoms with Crippen LogP contribution >= 0.6 is 0 Å². The molecule has 1 rings (SSSR count). The van der Waals surface area contributed by atoms with E-state index in [2.05, 4.69) is 0 Å². The van der Waals surface area contributed by atoms with Crippen molar-refractivity contribution in [3.8, 4) is 0 Å². The van der Waals surface area contributed by atoms with E-state index in [0.717, 1.165) is 0 Å². The van der Waals surface area contributed by atoms with Gasteiger partial charge in [-0.25, -0.2) is 4.39 Å². The molecule has 0 fully saturated rings. The van der Waals surface area contributed by atoms with Crippen molar-refractivity contribution < 1.29 is 23.2 Å².